The first-order valence-corrected chi connectivity index (χ1v) is 26.2. The van der Waals surface area contributed by atoms with Crippen LogP contribution in [-0.4, -0.2) is 99.2 Å². The molecule has 0 aliphatic rings. The number of ether oxygens (including phenoxy) is 4. The number of hydrogen-bond donors (Lipinski definition) is 4. The first kappa shape index (κ1) is 54.9. The van der Waals surface area contributed by atoms with Gasteiger partial charge in [-0.1, -0.05) is 35.4 Å². The summed E-state index contributed by atoms with van der Waals surface area (Å²) in [7, 11) is -7.44. The van der Waals surface area contributed by atoms with Crippen molar-refractivity contribution in [2.45, 2.75) is 132 Å². The van der Waals surface area contributed by atoms with Gasteiger partial charge in [-0.15, -0.1) is 0 Å². The van der Waals surface area contributed by atoms with Gasteiger partial charge in [0.1, 0.15) is 59.0 Å². The minimum Gasteiger partial charge on any atom is -0.462 e. The number of anilines is 2. The van der Waals surface area contributed by atoms with Gasteiger partial charge in [0.25, 0.3) is 0 Å². The molecular weight excluding hydrogens is 943 g/mol. The van der Waals surface area contributed by atoms with Crippen LogP contribution < -0.4 is 30.7 Å². The highest BCUT2D eigenvalue weighted by molar-refractivity contribution is 7.57. The van der Waals surface area contributed by atoms with E-state index in [1.54, 1.807) is 101 Å². The molecule has 0 bridgehead atoms. The molecule has 4 heterocycles. The number of nitrogens with one attached hydrogen (secondary N) is 2. The molecule has 70 heavy (non-hydrogen) atoms. The van der Waals surface area contributed by atoms with Crippen molar-refractivity contribution < 1.29 is 46.7 Å². The Morgan fingerprint density at radius 2 is 0.929 bits per heavy atom. The first-order chi connectivity index (χ1) is 32.8. The second kappa shape index (κ2) is 23.3. The van der Waals surface area contributed by atoms with Crippen LogP contribution >= 0.6 is 15.0 Å². The molecule has 24 heteroatoms. The lowest BCUT2D eigenvalue weighted by atomic mass is 10.1. The van der Waals surface area contributed by atoms with E-state index in [1.807, 2.05) is 52.0 Å². The molecule has 1 unspecified atom stereocenters. The van der Waals surface area contributed by atoms with Crippen LogP contribution in [0, 0.1) is 13.8 Å². The number of nitrogens with zero attached hydrogens (tertiary/aromatic N) is 8. The largest absolute Gasteiger partial charge is 0.462 e. The van der Waals surface area contributed by atoms with Crippen LogP contribution in [0.25, 0.3) is 22.3 Å². The van der Waals surface area contributed by atoms with Crippen molar-refractivity contribution in [3.05, 3.63) is 85.0 Å². The van der Waals surface area contributed by atoms with Gasteiger partial charge in [0, 0.05) is 0 Å². The third kappa shape index (κ3) is 15.5. The van der Waals surface area contributed by atoms with Crippen molar-refractivity contribution in [2.75, 3.05) is 24.2 Å². The summed E-state index contributed by atoms with van der Waals surface area (Å²) in [6.45, 7) is 21.6. The maximum atomic E-state index is 13.9. The summed E-state index contributed by atoms with van der Waals surface area (Å²) in [5.74, 6) is 0.272. The smallest absolute Gasteiger partial charge is 0.342 e. The summed E-state index contributed by atoms with van der Waals surface area (Å²) in [5.41, 5.74) is 13.3. The number of nitrogen functional groups attached to an aromatic ring is 2. The molecule has 22 nitrogen and oxygen atoms in total. The van der Waals surface area contributed by atoms with E-state index < -0.39 is 50.3 Å². The number of nitrogens with two attached hydrogens (primary N) is 2. The predicted molar refractivity (Wildman–Crippen MR) is 266 cm³/mol. The predicted octanol–water partition coefficient (Wildman–Crippen LogP) is 7.34. The number of aromatic nitrogens is 8. The summed E-state index contributed by atoms with van der Waals surface area (Å²) in [4.78, 5) is 50.1. The molecule has 6 rings (SSSR count). The fourth-order valence-corrected chi connectivity index (χ4v) is 10.6. The van der Waals surface area contributed by atoms with Gasteiger partial charge in [0.05, 0.1) is 50.2 Å². The number of aryl methyl sites for hydroxylation is 2. The molecule has 0 saturated heterocycles. The second-order valence-corrected chi connectivity index (χ2v) is 22.4. The summed E-state index contributed by atoms with van der Waals surface area (Å²) in [5, 5.41) is 5.73. The summed E-state index contributed by atoms with van der Waals surface area (Å²) < 4.78 is 65.7. The second-order valence-electron chi connectivity index (χ2n) is 18.4. The number of benzene rings is 2. The highest BCUT2D eigenvalue weighted by Gasteiger charge is 2.41. The van der Waals surface area contributed by atoms with Gasteiger partial charge >= 0.3 is 27.0 Å². The highest BCUT2D eigenvalue weighted by atomic mass is 31.2. The average molecular weight is 1010 g/mol. The van der Waals surface area contributed by atoms with E-state index in [2.05, 4.69) is 40.1 Å². The quantitative estimate of drug-likeness (QED) is 0.0382. The van der Waals surface area contributed by atoms with Crippen molar-refractivity contribution in [3.8, 4) is 11.5 Å². The maximum Gasteiger partial charge on any atom is 0.342 e. The Morgan fingerprint density at radius 3 is 1.26 bits per heavy atom. The van der Waals surface area contributed by atoms with Crippen LogP contribution in [-0.2, 0) is 50.8 Å². The number of carbonyl (C=O) groups is 2. The Kier molecular flexibility index (Phi) is 18.3. The first-order valence-electron chi connectivity index (χ1n) is 22.5. The van der Waals surface area contributed by atoms with Crippen molar-refractivity contribution in [2.24, 2.45) is 0 Å². The number of imidazole rings is 2. The third-order valence-electron chi connectivity index (χ3n) is 9.98. The van der Waals surface area contributed by atoms with Crippen molar-refractivity contribution in [1.82, 2.24) is 49.2 Å². The Hall–Kier alpha value is -6.02. The fourth-order valence-electron chi connectivity index (χ4n) is 6.54. The molecule has 4 aromatic heterocycles. The zero-order valence-electron chi connectivity index (χ0n) is 41.8. The summed E-state index contributed by atoms with van der Waals surface area (Å²) in [6, 6.07) is 14.3. The standard InChI is InChI=1S/2C23H33N6O5P/c2*1-15(2)33-22(30)23(5,6)28-35(31,34-18-9-7-16(3)8-10-18)14-32-17(4)11-29-13-27-19-20(24)25-12-26-21(19)29/h2*7-10,12-13,15,17H,11,14H2,1-6H3,(H,28,31)(H2,24,25,26)/t17-,35?;17-,35+/m11/s1. The van der Waals surface area contributed by atoms with E-state index in [9.17, 15) is 18.7 Å². The number of carbonyl (C=O) groups excluding carboxylic acids is 2. The molecule has 2 aromatic carbocycles. The lowest BCUT2D eigenvalue weighted by molar-refractivity contribution is -0.154. The van der Waals surface area contributed by atoms with E-state index in [-0.39, 0.29) is 36.5 Å². The minimum absolute atomic E-state index is 0.288. The van der Waals surface area contributed by atoms with E-state index in [1.165, 1.54) is 12.7 Å². The number of fused-ring (bicyclic) bond motifs is 2. The molecule has 0 aliphatic carbocycles. The Labute approximate surface area is 408 Å². The molecule has 4 atom stereocenters. The molecule has 0 amide bonds. The monoisotopic (exact) mass is 1010 g/mol. The SMILES string of the molecule is Cc1ccc(OP(=O)(CO[C@H](C)Cn2cnc3c(N)ncnc32)NC(C)(C)C(=O)OC(C)C)cc1.Cc1ccc(O[P@@](=O)(CO[C@H](C)Cn2cnc3c(N)ncnc32)NC(C)(C)C(=O)OC(C)C)cc1. The van der Waals surface area contributed by atoms with E-state index in [4.69, 9.17) is 39.5 Å². The van der Waals surface area contributed by atoms with Crippen molar-refractivity contribution in [1.29, 1.82) is 0 Å². The molecular formula is C46H66N12O10P2. The van der Waals surface area contributed by atoms with Crippen LogP contribution in [0.5, 0.6) is 11.5 Å². The van der Waals surface area contributed by atoms with Crippen LogP contribution in [0.15, 0.2) is 73.8 Å². The van der Waals surface area contributed by atoms with Gasteiger partial charge in [-0.3, -0.25) is 18.7 Å². The van der Waals surface area contributed by atoms with Crippen molar-refractivity contribution in [3.63, 3.8) is 0 Å². The summed E-state index contributed by atoms with van der Waals surface area (Å²) >= 11 is 0. The zero-order valence-corrected chi connectivity index (χ0v) is 43.6. The summed E-state index contributed by atoms with van der Waals surface area (Å²) in [6.07, 6.45) is 3.93. The average Bonchev–Trinajstić information content (AvgIpc) is 3.88. The van der Waals surface area contributed by atoms with E-state index in [0.717, 1.165) is 11.1 Å². The molecule has 380 valence electrons. The van der Waals surface area contributed by atoms with E-state index in [0.29, 0.717) is 46.9 Å². The molecule has 6 aromatic rings. The topological polar surface area (TPSA) is 287 Å². The lowest BCUT2D eigenvalue weighted by Gasteiger charge is -2.31. The fraction of sp³-hybridized carbons (Fsp3) is 0.478. The van der Waals surface area contributed by atoms with Crippen LogP contribution in [0.4, 0.5) is 11.6 Å². The molecule has 0 fully saturated rings. The van der Waals surface area contributed by atoms with Gasteiger partial charge < -0.3 is 48.6 Å². The Balaban J connectivity index is 0.000000261. The molecule has 0 radical (unpaired) electrons. The highest BCUT2D eigenvalue weighted by Crippen LogP contribution is 2.47. The minimum atomic E-state index is -3.72. The van der Waals surface area contributed by atoms with Gasteiger partial charge in [-0.2, -0.15) is 0 Å². The normalized spacial score (nSPS) is 14.6. The van der Waals surface area contributed by atoms with Gasteiger partial charge in [-0.05, 0) is 107 Å². The van der Waals surface area contributed by atoms with Crippen LogP contribution in [0.2, 0.25) is 0 Å². The lowest BCUT2D eigenvalue weighted by Crippen LogP contribution is -2.48. The Bertz CT molecular complexity index is 2610. The maximum absolute atomic E-state index is 13.9. The molecule has 6 N–H and O–H groups in total. The number of esters is 2. The third-order valence-corrected chi connectivity index (χ3v) is 13.8. The Morgan fingerprint density at radius 1 is 0.586 bits per heavy atom. The van der Waals surface area contributed by atoms with Gasteiger partial charge in [-0.25, -0.2) is 40.1 Å². The molecule has 0 spiro atoms. The zero-order chi connectivity index (χ0) is 51.6. The molecule has 0 saturated carbocycles. The van der Waals surface area contributed by atoms with Crippen LogP contribution in [0.1, 0.15) is 80.4 Å². The molecule has 0 aliphatic heterocycles. The van der Waals surface area contributed by atoms with Gasteiger partial charge in [0.2, 0.25) is 0 Å². The van der Waals surface area contributed by atoms with Gasteiger partial charge in [0.15, 0.2) is 22.9 Å². The number of rotatable bonds is 22. The number of hydrogen-bond acceptors (Lipinski definition) is 18. The van der Waals surface area contributed by atoms with Crippen molar-refractivity contribution >= 4 is 60.9 Å². The van der Waals surface area contributed by atoms with E-state index >= 15 is 0 Å². The van der Waals surface area contributed by atoms with Crippen LogP contribution in [0.3, 0.4) is 0 Å².